The van der Waals surface area contributed by atoms with Crippen LogP contribution in [0, 0.1) is 5.92 Å². The van der Waals surface area contributed by atoms with Crippen LogP contribution in [0.25, 0.3) is 0 Å². The Hall–Kier alpha value is -0.800. The van der Waals surface area contributed by atoms with Gasteiger partial charge in [-0.15, -0.1) is 11.8 Å². The van der Waals surface area contributed by atoms with Crippen molar-refractivity contribution >= 4 is 18.0 Å². The molecule has 0 aromatic heterocycles. The van der Waals surface area contributed by atoms with Crippen molar-refractivity contribution in [2.45, 2.75) is 37.0 Å². The Kier molecular flexibility index (Phi) is 6.45. The van der Waals surface area contributed by atoms with Crippen molar-refractivity contribution in [3.05, 3.63) is 29.8 Å². The zero-order chi connectivity index (χ0) is 13.3. The minimum Gasteiger partial charge on any atom is -0.381 e. The predicted octanol–water partition coefficient (Wildman–Crippen LogP) is 4.19. The summed E-state index contributed by atoms with van der Waals surface area (Å²) in [5.41, 5.74) is 0.754. The van der Waals surface area contributed by atoms with Crippen molar-refractivity contribution in [1.29, 1.82) is 0 Å². The second-order valence-electron chi connectivity index (χ2n) is 5.09. The Morgan fingerprint density at radius 1 is 1.16 bits per heavy atom. The van der Waals surface area contributed by atoms with E-state index in [4.69, 9.17) is 4.74 Å². The summed E-state index contributed by atoms with van der Waals surface area (Å²) in [6.45, 7) is 1.92. The molecule has 0 spiro atoms. The van der Waals surface area contributed by atoms with Crippen molar-refractivity contribution in [2.24, 2.45) is 5.92 Å². The largest absolute Gasteiger partial charge is 0.381 e. The molecule has 1 fully saturated rings. The van der Waals surface area contributed by atoms with E-state index in [2.05, 4.69) is 0 Å². The highest BCUT2D eigenvalue weighted by molar-refractivity contribution is 7.99. The molecule has 0 amide bonds. The second-order valence-corrected chi connectivity index (χ2v) is 6.26. The van der Waals surface area contributed by atoms with Gasteiger partial charge in [-0.3, -0.25) is 4.79 Å². The third-order valence-corrected chi connectivity index (χ3v) is 4.73. The van der Waals surface area contributed by atoms with E-state index in [-0.39, 0.29) is 0 Å². The molecule has 3 heteroatoms. The van der Waals surface area contributed by atoms with Crippen LogP contribution in [0.2, 0.25) is 0 Å². The van der Waals surface area contributed by atoms with Gasteiger partial charge in [-0.25, -0.2) is 0 Å². The van der Waals surface area contributed by atoms with Crippen LogP contribution in [0.3, 0.4) is 0 Å². The molecule has 0 unspecified atom stereocenters. The number of hydrogen-bond acceptors (Lipinski definition) is 3. The van der Waals surface area contributed by atoms with Gasteiger partial charge >= 0.3 is 0 Å². The van der Waals surface area contributed by atoms with Crippen LogP contribution in [0.15, 0.2) is 29.2 Å². The van der Waals surface area contributed by atoms with Crippen LogP contribution < -0.4 is 0 Å². The number of ether oxygens (including phenoxy) is 1. The second kappa shape index (κ2) is 8.39. The van der Waals surface area contributed by atoms with Crippen molar-refractivity contribution in [2.75, 3.05) is 19.0 Å². The Bertz CT molecular complexity index is 369. The Morgan fingerprint density at radius 3 is 2.58 bits per heavy atom. The van der Waals surface area contributed by atoms with Gasteiger partial charge in [0.25, 0.3) is 0 Å². The minimum absolute atomic E-state index is 0.754. The zero-order valence-electron chi connectivity index (χ0n) is 11.3. The maximum absolute atomic E-state index is 10.6. The van der Waals surface area contributed by atoms with Crippen LogP contribution in [0.1, 0.15) is 42.5 Å². The average Bonchev–Trinajstić information content (AvgIpc) is 2.49. The summed E-state index contributed by atoms with van der Waals surface area (Å²) in [7, 11) is 0. The summed E-state index contributed by atoms with van der Waals surface area (Å²) < 4.78 is 5.37. The normalized spacial score (nSPS) is 16.4. The highest BCUT2D eigenvalue weighted by Gasteiger charge is 2.12. The van der Waals surface area contributed by atoms with E-state index >= 15 is 0 Å². The van der Waals surface area contributed by atoms with E-state index in [9.17, 15) is 4.79 Å². The van der Waals surface area contributed by atoms with Gasteiger partial charge in [-0.05, 0) is 43.1 Å². The van der Waals surface area contributed by atoms with Gasteiger partial charge in [-0.1, -0.05) is 25.0 Å². The first-order valence-electron chi connectivity index (χ1n) is 7.14. The standard InChI is InChI=1S/C16H22O2S/c17-13-15-4-6-16(7-5-15)19-12-2-1-3-14-8-10-18-11-9-14/h4-7,13-14H,1-3,8-12H2. The molecule has 104 valence electrons. The lowest BCUT2D eigenvalue weighted by Crippen LogP contribution is -2.15. The van der Waals surface area contributed by atoms with Gasteiger partial charge in [0.15, 0.2) is 0 Å². The third-order valence-electron chi connectivity index (χ3n) is 3.63. The molecule has 2 nitrogen and oxygen atoms in total. The number of hydrogen-bond donors (Lipinski definition) is 0. The quantitative estimate of drug-likeness (QED) is 0.425. The average molecular weight is 278 g/mol. The van der Waals surface area contributed by atoms with Crippen molar-refractivity contribution < 1.29 is 9.53 Å². The molecule has 1 aromatic carbocycles. The SMILES string of the molecule is O=Cc1ccc(SCCCCC2CCOCC2)cc1. The first-order chi connectivity index (χ1) is 9.38. The summed E-state index contributed by atoms with van der Waals surface area (Å²) in [4.78, 5) is 11.8. The number of benzene rings is 1. The van der Waals surface area contributed by atoms with Crippen LogP contribution in [0.5, 0.6) is 0 Å². The molecule has 1 saturated heterocycles. The molecular weight excluding hydrogens is 256 g/mol. The number of carbonyl (C=O) groups excluding carboxylic acids is 1. The minimum atomic E-state index is 0.754. The van der Waals surface area contributed by atoms with Crippen molar-refractivity contribution in [1.82, 2.24) is 0 Å². The first kappa shape index (κ1) is 14.6. The zero-order valence-corrected chi connectivity index (χ0v) is 12.2. The molecule has 0 bridgehead atoms. The Labute approximate surface area is 119 Å². The number of thioether (sulfide) groups is 1. The molecule has 19 heavy (non-hydrogen) atoms. The highest BCUT2D eigenvalue weighted by Crippen LogP contribution is 2.23. The Morgan fingerprint density at radius 2 is 1.89 bits per heavy atom. The van der Waals surface area contributed by atoms with Crippen molar-refractivity contribution in [3.63, 3.8) is 0 Å². The fourth-order valence-electron chi connectivity index (χ4n) is 2.40. The number of aldehydes is 1. The molecule has 2 rings (SSSR count). The number of rotatable bonds is 7. The topological polar surface area (TPSA) is 26.3 Å². The van der Waals surface area contributed by atoms with Gasteiger partial charge in [0, 0.05) is 23.7 Å². The lowest BCUT2D eigenvalue weighted by atomic mass is 9.94. The van der Waals surface area contributed by atoms with Gasteiger partial charge in [0.1, 0.15) is 6.29 Å². The number of carbonyl (C=O) groups is 1. The smallest absolute Gasteiger partial charge is 0.150 e. The van der Waals surface area contributed by atoms with Gasteiger partial charge < -0.3 is 4.74 Å². The Balaban J connectivity index is 1.56. The van der Waals surface area contributed by atoms with E-state index in [1.54, 1.807) is 0 Å². The molecule has 1 heterocycles. The molecule has 1 aliphatic rings. The maximum atomic E-state index is 10.6. The number of unbranched alkanes of at least 4 members (excludes halogenated alkanes) is 1. The molecule has 0 radical (unpaired) electrons. The van der Waals surface area contributed by atoms with Crippen LogP contribution in [0.4, 0.5) is 0 Å². The summed E-state index contributed by atoms with van der Waals surface area (Å²) in [6, 6.07) is 7.84. The lowest BCUT2D eigenvalue weighted by molar-refractivity contribution is 0.0633. The van der Waals surface area contributed by atoms with Gasteiger partial charge in [0.2, 0.25) is 0 Å². The fraction of sp³-hybridized carbons (Fsp3) is 0.562. The van der Waals surface area contributed by atoms with E-state index in [1.807, 2.05) is 36.0 Å². The summed E-state index contributed by atoms with van der Waals surface area (Å²) >= 11 is 1.89. The van der Waals surface area contributed by atoms with Gasteiger partial charge in [-0.2, -0.15) is 0 Å². The molecular formula is C16H22O2S. The van der Waals surface area contributed by atoms with E-state index in [1.165, 1.54) is 42.8 Å². The summed E-state index contributed by atoms with van der Waals surface area (Å²) in [5.74, 6) is 2.06. The van der Waals surface area contributed by atoms with Crippen molar-refractivity contribution in [3.8, 4) is 0 Å². The van der Waals surface area contributed by atoms with E-state index < -0.39 is 0 Å². The molecule has 0 saturated carbocycles. The van der Waals surface area contributed by atoms with Crippen LogP contribution in [-0.4, -0.2) is 25.3 Å². The van der Waals surface area contributed by atoms with E-state index in [0.29, 0.717) is 0 Å². The molecule has 1 aromatic rings. The predicted molar refractivity (Wildman–Crippen MR) is 79.9 cm³/mol. The van der Waals surface area contributed by atoms with Gasteiger partial charge in [0.05, 0.1) is 0 Å². The van der Waals surface area contributed by atoms with Crippen LogP contribution in [-0.2, 0) is 4.74 Å². The summed E-state index contributed by atoms with van der Waals surface area (Å²) in [5, 5.41) is 0. The first-order valence-corrected chi connectivity index (χ1v) is 8.13. The molecule has 0 aliphatic carbocycles. The fourth-order valence-corrected chi connectivity index (χ4v) is 3.32. The lowest BCUT2D eigenvalue weighted by Gasteiger charge is -2.21. The third kappa shape index (κ3) is 5.37. The summed E-state index contributed by atoms with van der Waals surface area (Å²) in [6.07, 6.45) is 7.35. The maximum Gasteiger partial charge on any atom is 0.150 e. The van der Waals surface area contributed by atoms with Crippen LogP contribution >= 0.6 is 11.8 Å². The molecule has 0 atom stereocenters. The monoisotopic (exact) mass is 278 g/mol. The molecule has 0 N–H and O–H groups in total. The highest BCUT2D eigenvalue weighted by atomic mass is 32.2. The molecule has 1 aliphatic heterocycles. The van der Waals surface area contributed by atoms with E-state index in [0.717, 1.165) is 31.0 Å².